The molecule has 3 rings (SSSR count). The van der Waals surface area contributed by atoms with Crippen molar-refractivity contribution in [2.75, 3.05) is 12.4 Å². The zero-order valence-corrected chi connectivity index (χ0v) is 16.7. The van der Waals surface area contributed by atoms with Crippen LogP contribution < -0.4 is 5.32 Å². The maximum absolute atomic E-state index is 13.8. The molecule has 0 bridgehead atoms. The van der Waals surface area contributed by atoms with Gasteiger partial charge in [-0.25, -0.2) is 12.8 Å². The zero-order valence-electron chi connectivity index (χ0n) is 15.1. The van der Waals surface area contributed by atoms with Crippen LogP contribution in [0.15, 0.2) is 53.4 Å². The molecule has 27 heavy (non-hydrogen) atoms. The number of amides is 1. The van der Waals surface area contributed by atoms with Crippen LogP contribution in [-0.4, -0.2) is 31.7 Å². The lowest BCUT2D eigenvalue weighted by atomic mass is 10.2. The van der Waals surface area contributed by atoms with E-state index < -0.39 is 10.0 Å². The van der Waals surface area contributed by atoms with Gasteiger partial charge >= 0.3 is 0 Å². The quantitative estimate of drug-likeness (QED) is 0.686. The molecule has 0 aliphatic carbocycles. The molecule has 8 heteroatoms. The Morgan fingerprint density at radius 3 is 2.41 bits per heavy atom. The number of hydrogen-bond acceptors (Lipinski definition) is 4. The number of carbonyl (C=O) groups is 1. The molecule has 1 aromatic heterocycles. The second kappa shape index (κ2) is 7.38. The van der Waals surface area contributed by atoms with Crippen molar-refractivity contribution in [3.63, 3.8) is 0 Å². The Morgan fingerprint density at radius 1 is 1.15 bits per heavy atom. The van der Waals surface area contributed by atoms with Gasteiger partial charge in [-0.3, -0.25) is 4.79 Å². The molecule has 142 valence electrons. The number of halogens is 1. The predicted molar refractivity (Wildman–Crippen MR) is 106 cm³/mol. The molecule has 0 atom stereocenters. The number of fused-ring (bicyclic) bond motifs is 1. The lowest BCUT2D eigenvalue weighted by Crippen LogP contribution is -2.33. The number of nitrogens with zero attached hydrogens (tertiary/aromatic N) is 1. The Morgan fingerprint density at radius 2 is 1.81 bits per heavy atom. The largest absolute Gasteiger partial charge is 0.321 e. The second-order valence-electron chi connectivity index (χ2n) is 6.36. The van der Waals surface area contributed by atoms with Crippen LogP contribution in [0.3, 0.4) is 0 Å². The smallest absolute Gasteiger partial charge is 0.265 e. The molecular formula is C19H19FN2O3S2. The highest BCUT2D eigenvalue weighted by molar-refractivity contribution is 7.89. The van der Waals surface area contributed by atoms with Crippen molar-refractivity contribution in [2.24, 2.45) is 0 Å². The van der Waals surface area contributed by atoms with Crippen molar-refractivity contribution in [2.45, 2.75) is 24.8 Å². The fourth-order valence-corrected chi connectivity index (χ4v) is 4.82. The maximum atomic E-state index is 13.8. The van der Waals surface area contributed by atoms with E-state index in [0.717, 1.165) is 0 Å². The molecule has 0 radical (unpaired) electrons. The lowest BCUT2D eigenvalue weighted by molar-refractivity contribution is 0.103. The van der Waals surface area contributed by atoms with Gasteiger partial charge in [0.25, 0.3) is 5.91 Å². The monoisotopic (exact) mass is 406 g/mol. The standard InChI is InChI=1S/C19H19FN2O3S2/c1-12(2)22(3)27(24,25)14-9-7-13(8-10-14)21-19(23)18-11-15-16(20)5-4-6-17(15)26-18/h4-12H,1-3H3,(H,21,23). The fraction of sp³-hybridized carbons (Fsp3) is 0.211. The minimum atomic E-state index is -3.58. The Kier molecular flexibility index (Phi) is 5.32. The van der Waals surface area contributed by atoms with Gasteiger partial charge in [-0.2, -0.15) is 4.31 Å². The molecule has 0 unspecified atom stereocenters. The molecule has 2 aromatic carbocycles. The van der Waals surface area contributed by atoms with Crippen LogP contribution in [0.5, 0.6) is 0 Å². The van der Waals surface area contributed by atoms with E-state index in [0.29, 0.717) is 20.7 Å². The third kappa shape index (κ3) is 3.87. The molecule has 1 N–H and O–H groups in total. The van der Waals surface area contributed by atoms with E-state index in [1.54, 1.807) is 26.0 Å². The maximum Gasteiger partial charge on any atom is 0.265 e. The summed E-state index contributed by atoms with van der Waals surface area (Å²) in [6.45, 7) is 3.58. The Balaban J connectivity index is 1.79. The van der Waals surface area contributed by atoms with Crippen molar-refractivity contribution in [1.82, 2.24) is 4.31 Å². The minimum Gasteiger partial charge on any atom is -0.321 e. The van der Waals surface area contributed by atoms with Crippen LogP contribution in [-0.2, 0) is 10.0 Å². The van der Waals surface area contributed by atoms with E-state index in [1.807, 2.05) is 0 Å². The first-order valence-corrected chi connectivity index (χ1v) is 10.5. The van der Waals surface area contributed by atoms with Crippen molar-refractivity contribution < 1.29 is 17.6 Å². The van der Waals surface area contributed by atoms with Crippen molar-refractivity contribution in [1.29, 1.82) is 0 Å². The van der Waals surface area contributed by atoms with Gasteiger partial charge in [-0.05, 0) is 56.3 Å². The highest BCUT2D eigenvalue weighted by Gasteiger charge is 2.23. The number of carbonyl (C=O) groups excluding carboxylic acids is 1. The number of hydrogen-bond donors (Lipinski definition) is 1. The number of anilines is 1. The van der Waals surface area contributed by atoms with Crippen LogP contribution >= 0.6 is 11.3 Å². The Bertz CT molecular complexity index is 1090. The molecule has 0 spiro atoms. The fourth-order valence-electron chi connectivity index (χ4n) is 2.48. The Hall–Kier alpha value is -2.29. The number of sulfonamides is 1. The predicted octanol–water partition coefficient (Wildman–Crippen LogP) is 4.32. The van der Waals surface area contributed by atoms with Crippen molar-refractivity contribution in [3.05, 3.63) is 59.2 Å². The van der Waals surface area contributed by atoms with Gasteiger partial charge < -0.3 is 5.32 Å². The third-order valence-electron chi connectivity index (χ3n) is 4.25. The first-order valence-electron chi connectivity index (χ1n) is 8.27. The van der Waals surface area contributed by atoms with Gasteiger partial charge in [-0.1, -0.05) is 6.07 Å². The molecule has 5 nitrogen and oxygen atoms in total. The first kappa shape index (κ1) is 19.5. The molecular weight excluding hydrogens is 387 g/mol. The summed E-state index contributed by atoms with van der Waals surface area (Å²) in [4.78, 5) is 13.0. The minimum absolute atomic E-state index is 0.153. The molecule has 1 heterocycles. The van der Waals surface area contributed by atoms with E-state index >= 15 is 0 Å². The SMILES string of the molecule is CC(C)N(C)S(=O)(=O)c1ccc(NC(=O)c2cc3c(F)cccc3s2)cc1. The molecule has 3 aromatic rings. The van der Waals surface area contributed by atoms with E-state index in [1.165, 1.54) is 59.1 Å². The second-order valence-corrected chi connectivity index (χ2v) is 9.44. The van der Waals surface area contributed by atoms with Crippen molar-refractivity contribution in [3.8, 4) is 0 Å². The van der Waals surface area contributed by atoms with Gasteiger partial charge in [0.2, 0.25) is 10.0 Å². The molecule has 0 fully saturated rings. The van der Waals surface area contributed by atoms with E-state index in [4.69, 9.17) is 0 Å². The number of nitrogens with one attached hydrogen (secondary N) is 1. The summed E-state index contributed by atoms with van der Waals surface area (Å²) in [6.07, 6.45) is 0. The molecule has 1 amide bonds. The topological polar surface area (TPSA) is 66.5 Å². The van der Waals surface area contributed by atoms with Gasteiger partial charge in [0, 0.05) is 28.9 Å². The molecule has 0 saturated carbocycles. The van der Waals surface area contributed by atoms with Gasteiger partial charge in [0.15, 0.2) is 0 Å². The third-order valence-corrected chi connectivity index (χ3v) is 7.40. The number of rotatable bonds is 5. The van der Waals surface area contributed by atoms with Gasteiger partial charge in [0.1, 0.15) is 5.82 Å². The summed E-state index contributed by atoms with van der Waals surface area (Å²) in [5, 5.41) is 3.12. The van der Waals surface area contributed by atoms with Crippen LogP contribution in [0.2, 0.25) is 0 Å². The first-order chi connectivity index (χ1) is 12.7. The van der Waals surface area contributed by atoms with E-state index in [9.17, 15) is 17.6 Å². The lowest BCUT2D eigenvalue weighted by Gasteiger charge is -2.21. The average molecular weight is 407 g/mol. The highest BCUT2D eigenvalue weighted by atomic mass is 32.2. The Labute approximate surface area is 161 Å². The summed E-state index contributed by atoms with van der Waals surface area (Å²) in [5.74, 6) is -0.739. The summed E-state index contributed by atoms with van der Waals surface area (Å²) >= 11 is 1.20. The summed E-state index contributed by atoms with van der Waals surface area (Å²) in [6, 6.07) is 12.0. The van der Waals surface area contributed by atoms with E-state index in [-0.39, 0.29) is 22.7 Å². The summed E-state index contributed by atoms with van der Waals surface area (Å²) in [5.41, 5.74) is 0.462. The molecule has 0 aliphatic rings. The zero-order chi connectivity index (χ0) is 19.8. The van der Waals surface area contributed by atoms with Crippen LogP contribution in [0.25, 0.3) is 10.1 Å². The summed E-state index contributed by atoms with van der Waals surface area (Å²) < 4.78 is 40.7. The number of thiophene rings is 1. The van der Waals surface area contributed by atoms with Crippen LogP contribution in [0.4, 0.5) is 10.1 Å². The van der Waals surface area contributed by atoms with Crippen LogP contribution in [0, 0.1) is 5.82 Å². The number of benzene rings is 2. The molecule has 0 saturated heterocycles. The van der Waals surface area contributed by atoms with Crippen molar-refractivity contribution >= 4 is 43.0 Å². The van der Waals surface area contributed by atoms with E-state index in [2.05, 4.69) is 5.32 Å². The average Bonchev–Trinajstić information content (AvgIpc) is 3.07. The van der Waals surface area contributed by atoms with Gasteiger partial charge in [-0.15, -0.1) is 11.3 Å². The normalized spacial score (nSPS) is 12.1. The summed E-state index contributed by atoms with van der Waals surface area (Å²) in [7, 11) is -2.05. The van der Waals surface area contributed by atoms with Gasteiger partial charge in [0.05, 0.1) is 9.77 Å². The highest BCUT2D eigenvalue weighted by Crippen LogP contribution is 2.28. The van der Waals surface area contributed by atoms with Crippen LogP contribution in [0.1, 0.15) is 23.5 Å². The molecule has 0 aliphatic heterocycles.